The number of anilines is 2. The van der Waals surface area contributed by atoms with Crippen molar-refractivity contribution in [1.29, 1.82) is 0 Å². The molecule has 0 spiro atoms. The molecular formula is C26H33N7. The van der Waals surface area contributed by atoms with Crippen LogP contribution in [0.4, 0.5) is 11.8 Å². The summed E-state index contributed by atoms with van der Waals surface area (Å²) < 4.78 is 2.08. The average Bonchev–Trinajstić information content (AvgIpc) is 3.26. The first kappa shape index (κ1) is 22.7. The molecule has 0 unspecified atom stereocenters. The van der Waals surface area contributed by atoms with Gasteiger partial charge < -0.3 is 15.2 Å². The fraction of sp³-hybridized carbons (Fsp3) is 0.385. The third-order valence-electron chi connectivity index (χ3n) is 5.65. The summed E-state index contributed by atoms with van der Waals surface area (Å²) in [6.07, 6.45) is 4.70. The topological polar surface area (TPSA) is 80.5 Å². The predicted octanol–water partition coefficient (Wildman–Crippen LogP) is 6.03. The molecule has 0 aliphatic rings. The van der Waals surface area contributed by atoms with E-state index in [4.69, 9.17) is 9.97 Å². The molecule has 4 rings (SSSR count). The monoisotopic (exact) mass is 443 g/mol. The standard InChI is InChI=1S/C26H33N7/c1-6-12-28-26-31-24(23-25(32-26)33(16-30-23)18(4)5)29-15-19-10-11-20(21(14-19)17(2)3)22-9-7-8-13-27-22/h7-11,13-14,16-18H,6,12,15H2,1-5H3,(H2,28,29,31,32). The Kier molecular flexibility index (Phi) is 6.87. The Morgan fingerprint density at radius 2 is 1.82 bits per heavy atom. The number of rotatable bonds is 9. The SMILES string of the molecule is CCCNc1nc(NCc2ccc(-c3ccccn3)c(C(C)C)c2)c2ncn(C(C)C)c2n1. The van der Waals surface area contributed by atoms with Crippen LogP contribution in [0.2, 0.25) is 0 Å². The summed E-state index contributed by atoms with van der Waals surface area (Å²) in [5, 5.41) is 6.84. The van der Waals surface area contributed by atoms with Gasteiger partial charge in [0.25, 0.3) is 0 Å². The highest BCUT2D eigenvalue weighted by atomic mass is 15.2. The van der Waals surface area contributed by atoms with Crippen LogP contribution in [0.3, 0.4) is 0 Å². The number of nitrogens with one attached hydrogen (secondary N) is 2. The molecule has 0 atom stereocenters. The second-order valence-electron chi connectivity index (χ2n) is 8.89. The summed E-state index contributed by atoms with van der Waals surface area (Å²) in [5.41, 5.74) is 6.30. The fourth-order valence-electron chi connectivity index (χ4n) is 3.87. The summed E-state index contributed by atoms with van der Waals surface area (Å²) in [7, 11) is 0. The van der Waals surface area contributed by atoms with Crippen molar-refractivity contribution in [2.75, 3.05) is 17.2 Å². The summed E-state index contributed by atoms with van der Waals surface area (Å²) in [6, 6.07) is 12.9. The van der Waals surface area contributed by atoms with Crippen molar-refractivity contribution in [1.82, 2.24) is 24.5 Å². The van der Waals surface area contributed by atoms with E-state index in [9.17, 15) is 0 Å². The molecule has 0 radical (unpaired) electrons. The summed E-state index contributed by atoms with van der Waals surface area (Å²) in [6.45, 7) is 12.3. The van der Waals surface area contributed by atoms with Crippen LogP contribution < -0.4 is 10.6 Å². The van der Waals surface area contributed by atoms with Crippen molar-refractivity contribution >= 4 is 22.9 Å². The van der Waals surface area contributed by atoms with Gasteiger partial charge in [-0.25, -0.2) is 4.98 Å². The zero-order valence-electron chi connectivity index (χ0n) is 20.1. The second kappa shape index (κ2) is 9.98. The number of fused-ring (bicyclic) bond motifs is 1. The van der Waals surface area contributed by atoms with E-state index < -0.39 is 0 Å². The smallest absolute Gasteiger partial charge is 0.226 e. The molecule has 4 aromatic rings. The van der Waals surface area contributed by atoms with Crippen LogP contribution >= 0.6 is 0 Å². The number of imidazole rings is 1. The van der Waals surface area contributed by atoms with Gasteiger partial charge in [0.2, 0.25) is 5.95 Å². The van der Waals surface area contributed by atoms with Gasteiger partial charge >= 0.3 is 0 Å². The average molecular weight is 444 g/mol. The molecule has 0 saturated carbocycles. The molecule has 0 aliphatic heterocycles. The second-order valence-corrected chi connectivity index (χ2v) is 8.89. The van der Waals surface area contributed by atoms with Crippen LogP contribution in [0.25, 0.3) is 22.4 Å². The van der Waals surface area contributed by atoms with Gasteiger partial charge in [0.05, 0.1) is 12.0 Å². The van der Waals surface area contributed by atoms with E-state index in [1.54, 1.807) is 0 Å². The maximum absolute atomic E-state index is 4.73. The third-order valence-corrected chi connectivity index (χ3v) is 5.65. The quantitative estimate of drug-likeness (QED) is 0.329. The lowest BCUT2D eigenvalue weighted by Gasteiger charge is -2.15. The molecule has 3 heterocycles. The van der Waals surface area contributed by atoms with Gasteiger partial charge in [-0.15, -0.1) is 0 Å². The van der Waals surface area contributed by atoms with Gasteiger partial charge in [0.1, 0.15) is 0 Å². The van der Waals surface area contributed by atoms with E-state index in [2.05, 4.69) is 84.1 Å². The third kappa shape index (κ3) is 4.97. The van der Waals surface area contributed by atoms with Gasteiger partial charge in [0.15, 0.2) is 17.0 Å². The number of benzene rings is 1. The summed E-state index contributed by atoms with van der Waals surface area (Å²) in [5.74, 6) is 1.76. The normalized spacial score (nSPS) is 11.5. The lowest BCUT2D eigenvalue weighted by atomic mass is 9.93. The first-order valence-corrected chi connectivity index (χ1v) is 11.7. The minimum Gasteiger partial charge on any atom is -0.364 e. The van der Waals surface area contributed by atoms with E-state index in [-0.39, 0.29) is 6.04 Å². The highest BCUT2D eigenvalue weighted by molar-refractivity contribution is 5.84. The van der Waals surface area contributed by atoms with E-state index in [1.807, 2.05) is 24.7 Å². The number of pyridine rings is 1. The van der Waals surface area contributed by atoms with Crippen LogP contribution in [-0.2, 0) is 6.54 Å². The van der Waals surface area contributed by atoms with Crippen molar-refractivity contribution in [2.45, 2.75) is 59.5 Å². The first-order chi connectivity index (χ1) is 16.0. The number of hydrogen-bond donors (Lipinski definition) is 2. The van der Waals surface area contributed by atoms with Crippen molar-refractivity contribution in [2.24, 2.45) is 0 Å². The van der Waals surface area contributed by atoms with Crippen LogP contribution in [0.5, 0.6) is 0 Å². The largest absolute Gasteiger partial charge is 0.364 e. The van der Waals surface area contributed by atoms with Gasteiger partial charge in [-0.3, -0.25) is 4.98 Å². The summed E-state index contributed by atoms with van der Waals surface area (Å²) in [4.78, 5) is 18.6. The van der Waals surface area contributed by atoms with Crippen LogP contribution in [0.1, 0.15) is 64.1 Å². The van der Waals surface area contributed by atoms with Gasteiger partial charge in [-0.2, -0.15) is 9.97 Å². The van der Waals surface area contributed by atoms with Crippen LogP contribution in [0.15, 0.2) is 48.9 Å². The molecule has 0 bridgehead atoms. The van der Waals surface area contributed by atoms with E-state index in [0.29, 0.717) is 18.4 Å². The highest BCUT2D eigenvalue weighted by Crippen LogP contribution is 2.30. The molecule has 0 saturated heterocycles. The predicted molar refractivity (Wildman–Crippen MR) is 136 cm³/mol. The first-order valence-electron chi connectivity index (χ1n) is 11.7. The molecule has 0 fully saturated rings. The number of hydrogen-bond acceptors (Lipinski definition) is 6. The van der Waals surface area contributed by atoms with Crippen LogP contribution in [-0.4, -0.2) is 31.0 Å². The maximum atomic E-state index is 4.73. The highest BCUT2D eigenvalue weighted by Gasteiger charge is 2.16. The number of aromatic nitrogens is 5. The molecule has 3 aromatic heterocycles. The fourth-order valence-corrected chi connectivity index (χ4v) is 3.87. The lowest BCUT2D eigenvalue weighted by molar-refractivity contribution is 0.613. The molecule has 1 aromatic carbocycles. The molecule has 0 amide bonds. The molecule has 33 heavy (non-hydrogen) atoms. The summed E-state index contributed by atoms with van der Waals surface area (Å²) >= 11 is 0. The number of nitrogens with zero attached hydrogens (tertiary/aromatic N) is 5. The maximum Gasteiger partial charge on any atom is 0.226 e. The van der Waals surface area contributed by atoms with E-state index in [0.717, 1.165) is 35.6 Å². The van der Waals surface area contributed by atoms with Crippen molar-refractivity contribution in [3.63, 3.8) is 0 Å². The zero-order chi connectivity index (χ0) is 23.4. The Morgan fingerprint density at radius 3 is 2.52 bits per heavy atom. The Labute approximate surface area is 195 Å². The Hall–Kier alpha value is -3.48. The minimum atomic E-state index is 0.268. The Bertz CT molecular complexity index is 1210. The van der Waals surface area contributed by atoms with Crippen molar-refractivity contribution < 1.29 is 0 Å². The minimum absolute atomic E-state index is 0.268. The molecule has 172 valence electrons. The van der Waals surface area contributed by atoms with Gasteiger partial charge in [-0.1, -0.05) is 45.0 Å². The van der Waals surface area contributed by atoms with Crippen molar-refractivity contribution in [3.8, 4) is 11.3 Å². The zero-order valence-corrected chi connectivity index (χ0v) is 20.1. The van der Waals surface area contributed by atoms with Crippen molar-refractivity contribution in [3.05, 3.63) is 60.0 Å². The molecular weight excluding hydrogens is 410 g/mol. The molecule has 2 N–H and O–H groups in total. The Balaban J connectivity index is 1.64. The molecule has 7 nitrogen and oxygen atoms in total. The van der Waals surface area contributed by atoms with E-state index in [1.165, 1.54) is 16.7 Å². The van der Waals surface area contributed by atoms with Crippen LogP contribution in [0, 0.1) is 0 Å². The lowest BCUT2D eigenvalue weighted by Crippen LogP contribution is -2.10. The van der Waals surface area contributed by atoms with Gasteiger partial charge in [-0.05, 0) is 49.4 Å². The molecule has 0 aliphatic carbocycles. The molecule has 7 heteroatoms. The Morgan fingerprint density at radius 1 is 0.970 bits per heavy atom. The van der Waals surface area contributed by atoms with E-state index >= 15 is 0 Å². The van der Waals surface area contributed by atoms with Gasteiger partial charge in [0, 0.05) is 30.9 Å².